The molecule has 0 fully saturated rings. The predicted molar refractivity (Wildman–Crippen MR) is 47.1 cm³/mol. The van der Waals surface area contributed by atoms with E-state index in [4.69, 9.17) is 5.26 Å². The molecule has 0 saturated heterocycles. The Morgan fingerprint density at radius 2 is 2.54 bits per heavy atom. The molecule has 13 heavy (non-hydrogen) atoms. The summed E-state index contributed by atoms with van der Waals surface area (Å²) in [6.07, 6.45) is 6.36. The maximum absolute atomic E-state index is 8.20. The number of nitriles is 1. The fourth-order valence-corrected chi connectivity index (χ4v) is 1.03. The Kier molecular flexibility index (Phi) is 1.73. The van der Waals surface area contributed by atoms with Crippen molar-refractivity contribution in [3.8, 4) is 6.19 Å². The Morgan fingerprint density at radius 3 is 3.31 bits per heavy atom. The maximum Gasteiger partial charge on any atom is 0.205 e. The number of nitrogens with one attached hydrogen (secondary N) is 1. The summed E-state index contributed by atoms with van der Waals surface area (Å²) in [5, 5.41) is 8.20. The van der Waals surface area contributed by atoms with E-state index in [0.29, 0.717) is 5.82 Å². The maximum atomic E-state index is 8.20. The number of rotatable bonds is 1. The van der Waals surface area contributed by atoms with Gasteiger partial charge in [0.1, 0.15) is 0 Å². The Morgan fingerprint density at radius 1 is 1.62 bits per heavy atom. The molecule has 2 rings (SSSR count). The summed E-state index contributed by atoms with van der Waals surface area (Å²) in [6, 6.07) is 1.79. The fourth-order valence-electron chi connectivity index (χ4n) is 1.03. The molecular formula is C8H5N5. The summed E-state index contributed by atoms with van der Waals surface area (Å²) >= 11 is 0. The van der Waals surface area contributed by atoms with E-state index < -0.39 is 0 Å². The van der Waals surface area contributed by atoms with Gasteiger partial charge < -0.3 is 4.98 Å². The minimum absolute atomic E-state index is 0.560. The minimum Gasteiger partial charge on any atom is -0.336 e. The molecule has 0 radical (unpaired) electrons. The molecule has 0 bridgehead atoms. The van der Waals surface area contributed by atoms with Gasteiger partial charge in [-0.25, -0.2) is 4.98 Å². The second-order valence-corrected chi connectivity index (χ2v) is 2.37. The number of pyridine rings is 1. The molecule has 62 valence electrons. The van der Waals surface area contributed by atoms with E-state index in [9.17, 15) is 0 Å². The van der Waals surface area contributed by atoms with Gasteiger partial charge >= 0.3 is 0 Å². The summed E-state index contributed by atoms with van der Waals surface area (Å²) < 4.78 is 0. The number of imidazole rings is 1. The van der Waals surface area contributed by atoms with Crippen LogP contribution >= 0.6 is 0 Å². The Balaban J connectivity index is 2.51. The Bertz CT molecular complexity index is 457. The van der Waals surface area contributed by atoms with E-state index in [-0.39, 0.29) is 0 Å². The fraction of sp³-hybridized carbons (Fsp3) is 0. The summed E-state index contributed by atoms with van der Waals surface area (Å²) in [4.78, 5) is 14.4. The third-order valence-corrected chi connectivity index (χ3v) is 1.55. The smallest absolute Gasteiger partial charge is 0.205 e. The highest BCUT2D eigenvalue weighted by atomic mass is 14.9. The van der Waals surface area contributed by atoms with Crippen molar-refractivity contribution in [3.05, 3.63) is 24.3 Å². The van der Waals surface area contributed by atoms with Gasteiger partial charge in [0.05, 0.1) is 23.4 Å². The average molecular weight is 171 g/mol. The highest BCUT2D eigenvalue weighted by Crippen LogP contribution is 2.06. The third-order valence-electron chi connectivity index (χ3n) is 1.55. The van der Waals surface area contributed by atoms with Crippen LogP contribution < -0.4 is 0 Å². The second-order valence-electron chi connectivity index (χ2n) is 2.37. The van der Waals surface area contributed by atoms with E-state index >= 15 is 0 Å². The summed E-state index contributed by atoms with van der Waals surface area (Å²) in [6.45, 7) is 0. The van der Waals surface area contributed by atoms with Crippen LogP contribution in [0.5, 0.6) is 0 Å². The summed E-state index contributed by atoms with van der Waals surface area (Å²) in [5.41, 5.74) is 1.65. The molecule has 5 nitrogen and oxygen atoms in total. The normalized spacial score (nSPS) is 10.7. The lowest BCUT2D eigenvalue weighted by Gasteiger charge is -1.80. The van der Waals surface area contributed by atoms with E-state index in [2.05, 4.69) is 19.9 Å². The van der Waals surface area contributed by atoms with Crippen LogP contribution in [0, 0.1) is 11.5 Å². The molecule has 2 heterocycles. The van der Waals surface area contributed by atoms with Gasteiger partial charge in [-0.3, -0.25) is 4.98 Å². The van der Waals surface area contributed by atoms with E-state index in [1.54, 1.807) is 24.7 Å². The predicted octanol–water partition coefficient (Wildman–Crippen LogP) is 0.858. The number of nitrogens with zero attached hydrogens (tertiary/aromatic N) is 4. The van der Waals surface area contributed by atoms with Gasteiger partial charge in [0, 0.05) is 6.20 Å². The first-order valence-corrected chi connectivity index (χ1v) is 3.62. The van der Waals surface area contributed by atoms with Gasteiger partial charge in [-0.1, -0.05) is 0 Å². The molecule has 0 saturated carbocycles. The number of H-pyrrole nitrogens is 1. The highest BCUT2D eigenvalue weighted by Gasteiger charge is 1.98. The van der Waals surface area contributed by atoms with Crippen LogP contribution in [0.4, 0.5) is 0 Å². The van der Waals surface area contributed by atoms with E-state index in [1.165, 1.54) is 6.21 Å². The van der Waals surface area contributed by atoms with Crippen molar-refractivity contribution < 1.29 is 0 Å². The van der Waals surface area contributed by atoms with Crippen molar-refractivity contribution in [3.63, 3.8) is 0 Å². The van der Waals surface area contributed by atoms with Crippen molar-refractivity contribution >= 4 is 17.2 Å². The largest absolute Gasteiger partial charge is 0.336 e. The molecule has 0 amide bonds. The van der Waals surface area contributed by atoms with Crippen molar-refractivity contribution in [1.29, 1.82) is 5.26 Å². The van der Waals surface area contributed by atoms with Crippen LogP contribution in [0.15, 0.2) is 23.5 Å². The zero-order valence-electron chi connectivity index (χ0n) is 6.60. The molecule has 0 aliphatic carbocycles. The molecular weight excluding hydrogens is 166 g/mol. The molecule has 0 aliphatic heterocycles. The van der Waals surface area contributed by atoms with E-state index in [0.717, 1.165) is 11.0 Å². The lowest BCUT2D eigenvalue weighted by molar-refractivity contribution is 1.29. The zero-order chi connectivity index (χ0) is 9.10. The van der Waals surface area contributed by atoms with Gasteiger partial charge in [-0.2, -0.15) is 10.3 Å². The quantitative estimate of drug-likeness (QED) is 0.510. The molecule has 5 heteroatoms. The van der Waals surface area contributed by atoms with Crippen LogP contribution in [-0.2, 0) is 0 Å². The molecule has 0 aromatic carbocycles. The van der Waals surface area contributed by atoms with Crippen LogP contribution in [0.25, 0.3) is 11.0 Å². The van der Waals surface area contributed by atoms with Crippen molar-refractivity contribution in [2.45, 2.75) is 0 Å². The first-order valence-electron chi connectivity index (χ1n) is 3.62. The molecule has 0 atom stereocenters. The SMILES string of the molecule is N#CN=Cc1nc2ccncc2[nH]1. The van der Waals surface area contributed by atoms with Crippen LogP contribution in [0.2, 0.25) is 0 Å². The van der Waals surface area contributed by atoms with E-state index in [1.807, 2.05) is 0 Å². The molecule has 0 spiro atoms. The van der Waals surface area contributed by atoms with Gasteiger partial charge in [0.25, 0.3) is 0 Å². The number of aromatic nitrogens is 3. The standard InChI is InChI=1S/C8H5N5/c9-5-11-4-8-12-6-1-2-10-3-7(6)13-8/h1-4H,(H,12,13). The first kappa shape index (κ1) is 7.43. The topological polar surface area (TPSA) is 77.7 Å². The second kappa shape index (κ2) is 3.03. The summed E-state index contributed by atoms with van der Waals surface area (Å²) in [7, 11) is 0. The van der Waals surface area contributed by atoms with Crippen LogP contribution in [-0.4, -0.2) is 21.2 Å². The Hall–Kier alpha value is -2.22. The van der Waals surface area contributed by atoms with Gasteiger partial charge in [-0.05, 0) is 6.07 Å². The molecule has 0 aliphatic rings. The first-order chi connectivity index (χ1) is 6.40. The minimum atomic E-state index is 0.560. The number of hydrogen-bond donors (Lipinski definition) is 1. The van der Waals surface area contributed by atoms with Crippen molar-refractivity contribution in [1.82, 2.24) is 15.0 Å². The van der Waals surface area contributed by atoms with Crippen molar-refractivity contribution in [2.75, 3.05) is 0 Å². The molecule has 2 aromatic rings. The summed E-state index contributed by atoms with van der Waals surface area (Å²) in [5.74, 6) is 0.560. The number of aliphatic imine (C=N–C) groups is 1. The third kappa shape index (κ3) is 1.37. The van der Waals surface area contributed by atoms with Gasteiger partial charge in [-0.15, -0.1) is 0 Å². The highest BCUT2D eigenvalue weighted by molar-refractivity contribution is 5.83. The number of fused-ring (bicyclic) bond motifs is 1. The number of hydrogen-bond acceptors (Lipinski definition) is 4. The van der Waals surface area contributed by atoms with Gasteiger partial charge in [0.15, 0.2) is 5.82 Å². The van der Waals surface area contributed by atoms with Crippen molar-refractivity contribution in [2.24, 2.45) is 4.99 Å². The average Bonchev–Trinajstić information content (AvgIpc) is 2.57. The number of aromatic amines is 1. The molecule has 0 unspecified atom stereocenters. The van der Waals surface area contributed by atoms with Gasteiger partial charge in [0.2, 0.25) is 6.19 Å². The zero-order valence-corrected chi connectivity index (χ0v) is 6.60. The Labute approximate surface area is 73.8 Å². The molecule has 1 N–H and O–H groups in total. The molecule has 2 aromatic heterocycles. The lowest BCUT2D eigenvalue weighted by atomic mass is 10.4. The van der Waals surface area contributed by atoms with Crippen LogP contribution in [0.1, 0.15) is 5.82 Å². The monoisotopic (exact) mass is 171 g/mol. The lowest BCUT2D eigenvalue weighted by Crippen LogP contribution is -1.81. The van der Waals surface area contributed by atoms with Crippen LogP contribution in [0.3, 0.4) is 0 Å².